The number of nitrogens with one attached hydrogen (secondary N) is 1. The van der Waals surface area contributed by atoms with Crippen molar-refractivity contribution in [2.24, 2.45) is 0 Å². The highest BCUT2D eigenvalue weighted by Gasteiger charge is 2.16. The smallest absolute Gasteiger partial charge is 0.227 e. The summed E-state index contributed by atoms with van der Waals surface area (Å²) in [6, 6.07) is 11.2. The van der Waals surface area contributed by atoms with Crippen LogP contribution in [0.15, 0.2) is 53.3 Å². The van der Waals surface area contributed by atoms with E-state index in [-0.39, 0.29) is 12.3 Å². The Bertz CT molecular complexity index is 903. The number of hydrogen-bond donors (Lipinski definition) is 1. The number of nitrogens with zero attached hydrogens (tertiary/aromatic N) is 3. The standard InChI is InChI=1S/C21H22N4O3/c26-19(11-12-20-24-21(25-28-20)15-4-3-13-22-14-15)23-16-7-9-18(10-8-16)27-17-5-1-2-6-17/h3-4,7-10,13-14,17H,1-2,5-6,11-12H2,(H,23,26). The summed E-state index contributed by atoms with van der Waals surface area (Å²) in [6.45, 7) is 0. The van der Waals surface area contributed by atoms with Crippen LogP contribution in [0.5, 0.6) is 5.75 Å². The summed E-state index contributed by atoms with van der Waals surface area (Å²) in [6.07, 6.45) is 9.03. The number of aromatic nitrogens is 3. The van der Waals surface area contributed by atoms with Gasteiger partial charge in [0.2, 0.25) is 17.6 Å². The molecule has 0 bridgehead atoms. The fraction of sp³-hybridized carbons (Fsp3) is 0.333. The number of amides is 1. The first-order valence-electron chi connectivity index (χ1n) is 9.56. The Morgan fingerprint density at radius 3 is 2.75 bits per heavy atom. The van der Waals surface area contributed by atoms with Crippen LogP contribution in [0.2, 0.25) is 0 Å². The van der Waals surface area contributed by atoms with Crippen LogP contribution in [0.3, 0.4) is 0 Å². The molecule has 1 aliphatic rings. The van der Waals surface area contributed by atoms with E-state index in [1.807, 2.05) is 36.4 Å². The van der Waals surface area contributed by atoms with E-state index in [4.69, 9.17) is 9.26 Å². The molecule has 4 rings (SSSR count). The van der Waals surface area contributed by atoms with Crippen molar-refractivity contribution in [2.45, 2.75) is 44.6 Å². The van der Waals surface area contributed by atoms with E-state index in [2.05, 4.69) is 20.4 Å². The van der Waals surface area contributed by atoms with E-state index in [1.165, 1.54) is 12.8 Å². The highest BCUT2D eigenvalue weighted by molar-refractivity contribution is 5.90. The number of aryl methyl sites for hydroxylation is 1. The van der Waals surface area contributed by atoms with Crippen LogP contribution in [0.4, 0.5) is 5.69 Å². The molecule has 2 aromatic heterocycles. The minimum absolute atomic E-state index is 0.106. The van der Waals surface area contributed by atoms with Gasteiger partial charge in [-0.25, -0.2) is 0 Å². The van der Waals surface area contributed by atoms with Gasteiger partial charge >= 0.3 is 0 Å². The molecule has 0 aliphatic heterocycles. The zero-order valence-corrected chi connectivity index (χ0v) is 15.5. The number of ether oxygens (including phenoxy) is 1. The highest BCUT2D eigenvalue weighted by atomic mass is 16.5. The van der Waals surface area contributed by atoms with Crippen LogP contribution < -0.4 is 10.1 Å². The molecule has 3 aromatic rings. The lowest BCUT2D eigenvalue weighted by Gasteiger charge is -2.13. The maximum atomic E-state index is 12.2. The first-order chi connectivity index (χ1) is 13.8. The summed E-state index contributed by atoms with van der Waals surface area (Å²) >= 11 is 0. The van der Waals surface area contributed by atoms with Gasteiger partial charge in [-0.05, 0) is 62.1 Å². The lowest BCUT2D eigenvalue weighted by Crippen LogP contribution is -2.13. The molecule has 7 heteroatoms. The van der Waals surface area contributed by atoms with Crippen LogP contribution in [0.25, 0.3) is 11.4 Å². The molecule has 1 aliphatic carbocycles. The lowest BCUT2D eigenvalue weighted by atomic mass is 10.2. The average molecular weight is 378 g/mol. The third-order valence-corrected chi connectivity index (χ3v) is 4.70. The second kappa shape index (κ2) is 8.65. The summed E-state index contributed by atoms with van der Waals surface area (Å²) in [5.41, 5.74) is 1.52. The van der Waals surface area contributed by atoms with Crippen molar-refractivity contribution in [1.29, 1.82) is 0 Å². The Labute approximate surface area is 163 Å². The van der Waals surface area contributed by atoms with Gasteiger partial charge in [0.1, 0.15) is 5.75 Å². The number of carbonyl (C=O) groups is 1. The summed E-state index contributed by atoms with van der Waals surface area (Å²) in [7, 11) is 0. The van der Waals surface area contributed by atoms with Gasteiger partial charge in [0.05, 0.1) is 6.10 Å². The first kappa shape index (κ1) is 18.2. The van der Waals surface area contributed by atoms with Crippen molar-refractivity contribution in [3.8, 4) is 17.1 Å². The zero-order valence-electron chi connectivity index (χ0n) is 15.5. The zero-order chi connectivity index (χ0) is 19.2. The molecule has 2 heterocycles. The van der Waals surface area contributed by atoms with Crippen LogP contribution in [0, 0.1) is 0 Å². The largest absolute Gasteiger partial charge is 0.490 e. The van der Waals surface area contributed by atoms with Crippen molar-refractivity contribution in [1.82, 2.24) is 15.1 Å². The van der Waals surface area contributed by atoms with Gasteiger partial charge in [-0.15, -0.1) is 0 Å². The number of pyridine rings is 1. The van der Waals surface area contributed by atoms with E-state index in [0.29, 0.717) is 24.2 Å². The molecule has 1 aromatic carbocycles. The van der Waals surface area contributed by atoms with Crippen LogP contribution in [-0.2, 0) is 11.2 Å². The number of rotatable bonds is 7. The van der Waals surface area contributed by atoms with E-state index >= 15 is 0 Å². The Hall–Kier alpha value is -3.22. The first-order valence-corrected chi connectivity index (χ1v) is 9.56. The summed E-state index contributed by atoms with van der Waals surface area (Å²) < 4.78 is 11.1. The molecule has 0 atom stereocenters. The predicted octanol–water partition coefficient (Wildman–Crippen LogP) is 4.02. The van der Waals surface area contributed by atoms with Crippen molar-refractivity contribution >= 4 is 11.6 Å². The van der Waals surface area contributed by atoms with Gasteiger partial charge in [0.15, 0.2) is 0 Å². The Kier molecular flexibility index (Phi) is 5.61. The highest BCUT2D eigenvalue weighted by Crippen LogP contribution is 2.25. The van der Waals surface area contributed by atoms with E-state index in [1.54, 1.807) is 12.4 Å². The van der Waals surface area contributed by atoms with Crippen molar-refractivity contribution < 1.29 is 14.1 Å². The average Bonchev–Trinajstić information content (AvgIpc) is 3.41. The molecular weight excluding hydrogens is 356 g/mol. The Morgan fingerprint density at radius 2 is 2.00 bits per heavy atom. The topological polar surface area (TPSA) is 90.1 Å². The Morgan fingerprint density at radius 1 is 1.18 bits per heavy atom. The molecule has 0 unspecified atom stereocenters. The Balaban J connectivity index is 1.26. The normalized spacial score (nSPS) is 14.1. The molecule has 144 valence electrons. The fourth-order valence-corrected chi connectivity index (χ4v) is 3.23. The molecule has 0 spiro atoms. The number of hydrogen-bond acceptors (Lipinski definition) is 6. The van der Waals surface area contributed by atoms with Crippen molar-refractivity contribution in [3.63, 3.8) is 0 Å². The molecule has 28 heavy (non-hydrogen) atoms. The van der Waals surface area contributed by atoms with Gasteiger partial charge in [-0.3, -0.25) is 9.78 Å². The molecule has 1 N–H and O–H groups in total. The van der Waals surface area contributed by atoms with E-state index < -0.39 is 0 Å². The second-order valence-electron chi connectivity index (χ2n) is 6.85. The minimum Gasteiger partial charge on any atom is -0.490 e. The molecule has 1 fully saturated rings. The SMILES string of the molecule is O=C(CCc1nc(-c2cccnc2)no1)Nc1ccc(OC2CCCC2)cc1. The minimum atomic E-state index is -0.106. The van der Waals surface area contributed by atoms with E-state index in [9.17, 15) is 4.79 Å². The van der Waals surface area contributed by atoms with Crippen LogP contribution in [0.1, 0.15) is 38.0 Å². The second-order valence-corrected chi connectivity index (χ2v) is 6.85. The monoisotopic (exact) mass is 378 g/mol. The molecular formula is C21H22N4O3. The number of carbonyl (C=O) groups excluding carboxylic acids is 1. The van der Waals surface area contributed by atoms with Crippen molar-refractivity contribution in [2.75, 3.05) is 5.32 Å². The maximum absolute atomic E-state index is 12.2. The summed E-state index contributed by atoms with van der Waals surface area (Å²) in [5.74, 6) is 1.64. The van der Waals surface area contributed by atoms with Crippen molar-refractivity contribution in [3.05, 3.63) is 54.7 Å². The molecule has 1 saturated carbocycles. The lowest BCUT2D eigenvalue weighted by molar-refractivity contribution is -0.116. The predicted molar refractivity (Wildman–Crippen MR) is 104 cm³/mol. The molecule has 1 amide bonds. The molecule has 0 radical (unpaired) electrons. The van der Waals surface area contributed by atoms with Gasteiger partial charge in [-0.1, -0.05) is 5.16 Å². The third-order valence-electron chi connectivity index (χ3n) is 4.70. The number of anilines is 1. The fourth-order valence-electron chi connectivity index (χ4n) is 3.23. The van der Waals surface area contributed by atoms with Gasteiger partial charge in [0.25, 0.3) is 0 Å². The quantitative estimate of drug-likeness (QED) is 0.668. The summed E-state index contributed by atoms with van der Waals surface area (Å²) in [4.78, 5) is 20.5. The van der Waals surface area contributed by atoms with Gasteiger partial charge in [-0.2, -0.15) is 4.98 Å². The maximum Gasteiger partial charge on any atom is 0.227 e. The van der Waals surface area contributed by atoms with Crippen LogP contribution in [-0.4, -0.2) is 27.1 Å². The molecule has 0 saturated heterocycles. The third kappa shape index (κ3) is 4.73. The summed E-state index contributed by atoms with van der Waals surface area (Å²) in [5, 5.41) is 6.81. The molecule has 7 nitrogen and oxygen atoms in total. The van der Waals surface area contributed by atoms with Crippen LogP contribution >= 0.6 is 0 Å². The van der Waals surface area contributed by atoms with E-state index in [0.717, 1.165) is 29.8 Å². The van der Waals surface area contributed by atoms with Gasteiger partial charge in [0, 0.05) is 36.5 Å². The number of benzene rings is 1. The van der Waals surface area contributed by atoms with Gasteiger partial charge < -0.3 is 14.6 Å².